The van der Waals surface area contributed by atoms with Crippen molar-refractivity contribution >= 4 is 17.2 Å². The summed E-state index contributed by atoms with van der Waals surface area (Å²) in [6, 6.07) is 0. The largest absolute Gasteiger partial charge is 0.349 e. The molecule has 0 aromatic carbocycles. The average Bonchev–Trinajstić information content (AvgIpc) is 3.04. The van der Waals surface area contributed by atoms with Gasteiger partial charge in [0.25, 0.3) is 5.91 Å². The summed E-state index contributed by atoms with van der Waals surface area (Å²) in [6.45, 7) is 4.73. The van der Waals surface area contributed by atoms with E-state index < -0.39 is 0 Å². The van der Waals surface area contributed by atoms with Crippen LogP contribution in [0.25, 0.3) is 10.6 Å². The van der Waals surface area contributed by atoms with E-state index in [4.69, 9.17) is 0 Å². The number of aryl methyl sites for hydroxylation is 1. The molecule has 7 heteroatoms. The van der Waals surface area contributed by atoms with Crippen molar-refractivity contribution in [2.24, 2.45) is 7.05 Å². The molecular weight excluding hydrogens is 286 g/mol. The van der Waals surface area contributed by atoms with Gasteiger partial charge in [0.2, 0.25) is 0 Å². The molecule has 0 spiro atoms. The molecule has 6 nitrogen and oxygen atoms in total. The van der Waals surface area contributed by atoms with E-state index in [1.807, 2.05) is 27.3 Å². The van der Waals surface area contributed by atoms with Crippen LogP contribution in [-0.4, -0.2) is 51.8 Å². The van der Waals surface area contributed by atoms with Gasteiger partial charge in [-0.1, -0.05) is 0 Å². The second-order valence-corrected chi connectivity index (χ2v) is 6.69. The number of likely N-dealkylation sites (N-methyl/N-ethyl adjacent to an activating group) is 1. The lowest BCUT2D eigenvalue weighted by atomic mass is 10.0. The number of nitrogens with one attached hydrogen (secondary N) is 1. The highest BCUT2D eigenvalue weighted by Crippen LogP contribution is 2.22. The van der Waals surface area contributed by atoms with Crippen molar-refractivity contribution in [2.75, 3.05) is 20.6 Å². The number of carbonyl (C=O) groups is 1. The summed E-state index contributed by atoms with van der Waals surface area (Å²) in [6.07, 6.45) is 3.63. The van der Waals surface area contributed by atoms with Gasteiger partial charge in [0.15, 0.2) is 0 Å². The molecule has 2 heterocycles. The Kier molecular flexibility index (Phi) is 4.43. The molecule has 1 amide bonds. The first-order valence-corrected chi connectivity index (χ1v) is 7.58. The van der Waals surface area contributed by atoms with E-state index in [0.717, 1.165) is 10.6 Å². The molecule has 0 bridgehead atoms. The van der Waals surface area contributed by atoms with Crippen LogP contribution < -0.4 is 5.32 Å². The highest BCUT2D eigenvalue weighted by Gasteiger charge is 2.22. The van der Waals surface area contributed by atoms with E-state index >= 15 is 0 Å². The molecule has 0 radical (unpaired) electrons. The predicted molar refractivity (Wildman–Crippen MR) is 84.4 cm³/mol. The van der Waals surface area contributed by atoms with Crippen molar-refractivity contribution in [3.8, 4) is 10.6 Å². The molecule has 0 saturated carbocycles. The molecule has 2 rings (SSSR count). The molecule has 2 aromatic heterocycles. The molecule has 21 heavy (non-hydrogen) atoms. The van der Waals surface area contributed by atoms with E-state index in [-0.39, 0.29) is 11.4 Å². The number of amides is 1. The highest BCUT2D eigenvalue weighted by atomic mass is 32.1. The standard InChI is InChI=1S/C14H21N5OS/c1-14(2,18(3)4)9-15-12(20)11-8-21-13(17-11)10-6-16-19(5)7-10/h6-8H,9H2,1-5H3,(H,15,20). The van der Waals surface area contributed by atoms with Gasteiger partial charge < -0.3 is 10.2 Å². The third-order valence-electron chi connectivity index (χ3n) is 3.58. The third-order valence-corrected chi connectivity index (χ3v) is 4.47. The zero-order chi connectivity index (χ0) is 15.6. The van der Waals surface area contributed by atoms with Crippen molar-refractivity contribution in [3.05, 3.63) is 23.5 Å². The lowest BCUT2D eigenvalue weighted by molar-refractivity contribution is 0.0915. The zero-order valence-corrected chi connectivity index (χ0v) is 13.9. The van der Waals surface area contributed by atoms with Crippen LogP contribution in [0.1, 0.15) is 24.3 Å². The van der Waals surface area contributed by atoms with Crippen molar-refractivity contribution in [1.82, 2.24) is 25.0 Å². The minimum Gasteiger partial charge on any atom is -0.349 e. The number of aromatic nitrogens is 3. The number of hydrogen-bond donors (Lipinski definition) is 1. The van der Waals surface area contributed by atoms with E-state index in [1.165, 1.54) is 11.3 Å². The number of rotatable bonds is 5. The molecule has 0 aliphatic heterocycles. The molecule has 114 valence electrons. The van der Waals surface area contributed by atoms with Crippen LogP contribution >= 0.6 is 11.3 Å². The van der Waals surface area contributed by atoms with Crippen molar-refractivity contribution in [1.29, 1.82) is 0 Å². The fraction of sp³-hybridized carbons (Fsp3) is 0.500. The van der Waals surface area contributed by atoms with Crippen LogP contribution in [0, 0.1) is 0 Å². The molecule has 0 unspecified atom stereocenters. The number of hydrogen-bond acceptors (Lipinski definition) is 5. The molecule has 0 atom stereocenters. The number of carbonyl (C=O) groups excluding carboxylic acids is 1. The Morgan fingerprint density at radius 3 is 2.76 bits per heavy atom. The molecule has 0 saturated heterocycles. The van der Waals surface area contributed by atoms with Gasteiger partial charge in [-0.3, -0.25) is 9.48 Å². The molecule has 0 aliphatic rings. The van der Waals surface area contributed by atoms with Gasteiger partial charge in [-0.05, 0) is 27.9 Å². The molecule has 1 N–H and O–H groups in total. The second kappa shape index (κ2) is 5.95. The van der Waals surface area contributed by atoms with Crippen LogP contribution in [-0.2, 0) is 7.05 Å². The lowest BCUT2D eigenvalue weighted by Gasteiger charge is -2.32. The Bertz CT molecular complexity index is 629. The predicted octanol–water partition coefficient (Wildman–Crippen LogP) is 1.61. The maximum absolute atomic E-state index is 12.2. The number of nitrogens with zero attached hydrogens (tertiary/aromatic N) is 4. The zero-order valence-electron chi connectivity index (χ0n) is 13.0. The van der Waals surface area contributed by atoms with E-state index in [9.17, 15) is 4.79 Å². The quantitative estimate of drug-likeness (QED) is 0.911. The van der Waals surface area contributed by atoms with Crippen LogP contribution in [0.3, 0.4) is 0 Å². The summed E-state index contributed by atoms with van der Waals surface area (Å²) in [5, 5.41) is 9.63. The normalized spacial score (nSPS) is 11.9. The summed E-state index contributed by atoms with van der Waals surface area (Å²) in [5.74, 6) is -0.142. The van der Waals surface area contributed by atoms with Gasteiger partial charge in [0.05, 0.1) is 6.20 Å². The van der Waals surface area contributed by atoms with Gasteiger partial charge in [-0.15, -0.1) is 11.3 Å². The Morgan fingerprint density at radius 1 is 1.48 bits per heavy atom. The van der Waals surface area contributed by atoms with Crippen molar-refractivity contribution < 1.29 is 4.79 Å². The maximum Gasteiger partial charge on any atom is 0.270 e. The van der Waals surface area contributed by atoms with Gasteiger partial charge in [0.1, 0.15) is 10.7 Å². The van der Waals surface area contributed by atoms with Gasteiger partial charge in [0, 0.05) is 36.3 Å². The Hall–Kier alpha value is -1.73. The van der Waals surface area contributed by atoms with E-state index in [1.54, 1.807) is 16.3 Å². The molecular formula is C14H21N5OS. The van der Waals surface area contributed by atoms with Crippen LogP contribution in [0.15, 0.2) is 17.8 Å². The monoisotopic (exact) mass is 307 g/mol. The van der Waals surface area contributed by atoms with Crippen molar-refractivity contribution in [2.45, 2.75) is 19.4 Å². The van der Waals surface area contributed by atoms with Gasteiger partial charge in [-0.2, -0.15) is 5.10 Å². The van der Waals surface area contributed by atoms with E-state index in [0.29, 0.717) is 12.2 Å². The summed E-state index contributed by atoms with van der Waals surface area (Å²) >= 11 is 1.45. The summed E-state index contributed by atoms with van der Waals surface area (Å²) in [7, 11) is 5.85. The first kappa shape index (κ1) is 15.7. The fourth-order valence-corrected chi connectivity index (χ4v) is 2.36. The fourth-order valence-electron chi connectivity index (χ4n) is 1.59. The SMILES string of the molecule is CN(C)C(C)(C)CNC(=O)c1csc(-c2cnn(C)c2)n1. The van der Waals surface area contributed by atoms with E-state index in [2.05, 4.69) is 34.1 Å². The Balaban J connectivity index is 2.03. The van der Waals surface area contributed by atoms with Crippen molar-refractivity contribution in [3.63, 3.8) is 0 Å². The molecule has 0 fully saturated rings. The smallest absolute Gasteiger partial charge is 0.270 e. The highest BCUT2D eigenvalue weighted by molar-refractivity contribution is 7.13. The first-order chi connectivity index (χ1) is 9.79. The van der Waals surface area contributed by atoms with Crippen LogP contribution in [0.2, 0.25) is 0 Å². The molecule has 2 aromatic rings. The first-order valence-electron chi connectivity index (χ1n) is 6.70. The number of thiazole rings is 1. The third kappa shape index (κ3) is 3.68. The summed E-state index contributed by atoms with van der Waals surface area (Å²) in [5.41, 5.74) is 1.28. The Labute approximate surface area is 128 Å². The second-order valence-electron chi connectivity index (χ2n) is 5.83. The summed E-state index contributed by atoms with van der Waals surface area (Å²) in [4.78, 5) is 18.6. The van der Waals surface area contributed by atoms with Crippen LogP contribution in [0.4, 0.5) is 0 Å². The van der Waals surface area contributed by atoms with Crippen LogP contribution in [0.5, 0.6) is 0 Å². The van der Waals surface area contributed by atoms with Gasteiger partial charge in [-0.25, -0.2) is 4.98 Å². The molecule has 0 aliphatic carbocycles. The summed E-state index contributed by atoms with van der Waals surface area (Å²) < 4.78 is 1.72. The Morgan fingerprint density at radius 2 is 2.19 bits per heavy atom. The average molecular weight is 307 g/mol. The minimum atomic E-state index is -0.142. The minimum absolute atomic E-state index is 0.0993. The topological polar surface area (TPSA) is 63.1 Å². The van der Waals surface area contributed by atoms with Gasteiger partial charge >= 0.3 is 0 Å². The lowest BCUT2D eigenvalue weighted by Crippen LogP contribution is -2.48. The maximum atomic E-state index is 12.2.